The van der Waals surface area contributed by atoms with E-state index in [1.54, 1.807) is 0 Å². The molecule has 152 valence electrons. The van der Waals surface area contributed by atoms with Crippen LogP contribution >= 0.6 is 20.8 Å². The van der Waals surface area contributed by atoms with Crippen molar-refractivity contribution >= 4 is 36.7 Å². The first kappa shape index (κ1) is 20.8. The molecule has 3 aromatic carbocycles. The fourth-order valence-electron chi connectivity index (χ4n) is 4.47. The van der Waals surface area contributed by atoms with Crippen molar-refractivity contribution in [2.45, 2.75) is 6.42 Å². The van der Waals surface area contributed by atoms with Crippen molar-refractivity contribution in [1.29, 1.82) is 0 Å². The van der Waals surface area contributed by atoms with E-state index in [2.05, 4.69) is 111 Å². The number of halogens is 1. The van der Waals surface area contributed by atoms with Crippen LogP contribution in [0.3, 0.4) is 0 Å². The van der Waals surface area contributed by atoms with Crippen molar-refractivity contribution in [3.05, 3.63) is 91.0 Å². The van der Waals surface area contributed by atoms with Crippen LogP contribution < -0.4 is 15.9 Å². The van der Waals surface area contributed by atoms with Gasteiger partial charge in [0, 0.05) is 0 Å². The SMILES string of the molecule is BrP(CCCN1CCOCC1)(c1ccccc1)(c1ccccc1)c1ccccc1. The van der Waals surface area contributed by atoms with E-state index in [1.807, 2.05) is 0 Å². The third-order valence-corrected chi connectivity index (χ3v) is 16.1. The van der Waals surface area contributed by atoms with Gasteiger partial charge in [-0.2, -0.15) is 0 Å². The molecule has 0 aliphatic carbocycles. The van der Waals surface area contributed by atoms with Crippen molar-refractivity contribution in [3.63, 3.8) is 0 Å². The Morgan fingerprint density at radius 1 is 0.690 bits per heavy atom. The van der Waals surface area contributed by atoms with E-state index < -0.39 is 5.31 Å². The molecule has 29 heavy (non-hydrogen) atoms. The van der Waals surface area contributed by atoms with E-state index in [4.69, 9.17) is 4.74 Å². The van der Waals surface area contributed by atoms with Crippen LogP contribution in [0, 0.1) is 0 Å². The van der Waals surface area contributed by atoms with Gasteiger partial charge in [-0.05, 0) is 0 Å². The predicted octanol–water partition coefficient (Wildman–Crippen LogP) is 4.55. The van der Waals surface area contributed by atoms with Gasteiger partial charge in [-0.25, -0.2) is 0 Å². The summed E-state index contributed by atoms with van der Waals surface area (Å²) < 4.78 is 5.53. The molecule has 2 nitrogen and oxygen atoms in total. The van der Waals surface area contributed by atoms with Gasteiger partial charge in [0.1, 0.15) is 0 Å². The van der Waals surface area contributed by atoms with Gasteiger partial charge in [0.15, 0.2) is 0 Å². The molecule has 0 unspecified atom stereocenters. The van der Waals surface area contributed by atoms with Crippen LogP contribution in [-0.4, -0.2) is 43.9 Å². The van der Waals surface area contributed by atoms with Crippen molar-refractivity contribution in [2.24, 2.45) is 0 Å². The molecule has 4 heteroatoms. The van der Waals surface area contributed by atoms with E-state index in [-0.39, 0.29) is 0 Å². The predicted molar refractivity (Wildman–Crippen MR) is 131 cm³/mol. The molecule has 0 atom stereocenters. The monoisotopic (exact) mass is 469 g/mol. The molecule has 3 aromatic rings. The Kier molecular flexibility index (Phi) is 6.51. The Morgan fingerprint density at radius 2 is 1.10 bits per heavy atom. The van der Waals surface area contributed by atoms with Gasteiger partial charge in [0.05, 0.1) is 0 Å². The summed E-state index contributed by atoms with van der Waals surface area (Å²) in [5, 5.41) is 1.44. The third-order valence-electron chi connectivity index (χ3n) is 6.04. The molecule has 0 aromatic heterocycles. The molecule has 1 aliphatic heterocycles. The number of rotatable bonds is 7. The minimum atomic E-state index is -2.77. The first-order valence-electron chi connectivity index (χ1n) is 10.4. The quantitative estimate of drug-likeness (QED) is 0.470. The average molecular weight is 470 g/mol. The van der Waals surface area contributed by atoms with Gasteiger partial charge in [-0.15, -0.1) is 0 Å². The van der Waals surface area contributed by atoms with E-state index >= 15 is 0 Å². The molecule has 0 spiro atoms. The Morgan fingerprint density at radius 3 is 1.52 bits per heavy atom. The molecule has 0 amide bonds. The van der Waals surface area contributed by atoms with Gasteiger partial charge in [0.25, 0.3) is 0 Å². The van der Waals surface area contributed by atoms with E-state index in [0.717, 1.165) is 45.4 Å². The molecule has 1 heterocycles. The van der Waals surface area contributed by atoms with Crippen LogP contribution in [0.1, 0.15) is 6.42 Å². The summed E-state index contributed by atoms with van der Waals surface area (Å²) in [7, 11) is 0. The van der Waals surface area contributed by atoms with Crippen LogP contribution in [0.5, 0.6) is 0 Å². The second kappa shape index (κ2) is 9.10. The molecule has 1 aliphatic rings. The van der Waals surface area contributed by atoms with Crippen molar-refractivity contribution in [2.75, 3.05) is 39.0 Å². The number of hydrogen-bond acceptors (Lipinski definition) is 2. The van der Waals surface area contributed by atoms with Gasteiger partial charge in [0.2, 0.25) is 0 Å². The third kappa shape index (κ3) is 4.07. The van der Waals surface area contributed by atoms with Crippen molar-refractivity contribution in [3.8, 4) is 0 Å². The zero-order valence-electron chi connectivity index (χ0n) is 16.8. The molecule has 0 radical (unpaired) electrons. The number of ether oxygens (including phenoxy) is 1. The second-order valence-corrected chi connectivity index (χ2v) is 16.8. The average Bonchev–Trinajstić information content (AvgIpc) is 2.81. The molecular formula is C25H29BrNOP. The van der Waals surface area contributed by atoms with Gasteiger partial charge in [-0.3, -0.25) is 0 Å². The van der Waals surface area contributed by atoms with Crippen LogP contribution in [0.15, 0.2) is 91.0 Å². The van der Waals surface area contributed by atoms with Crippen LogP contribution in [0.4, 0.5) is 0 Å². The normalized spacial score (nSPS) is 16.8. The minimum absolute atomic E-state index is 0.855. The summed E-state index contributed by atoms with van der Waals surface area (Å²) in [5.41, 5.74) is 0. The summed E-state index contributed by atoms with van der Waals surface area (Å²) in [5.74, 6) is 0. The van der Waals surface area contributed by atoms with Gasteiger partial charge < -0.3 is 0 Å². The molecule has 0 bridgehead atoms. The number of benzene rings is 3. The van der Waals surface area contributed by atoms with Crippen LogP contribution in [0.2, 0.25) is 0 Å². The fraction of sp³-hybridized carbons (Fsp3) is 0.280. The van der Waals surface area contributed by atoms with Crippen molar-refractivity contribution in [1.82, 2.24) is 4.90 Å². The zero-order chi connectivity index (χ0) is 20.0. The summed E-state index contributed by atoms with van der Waals surface area (Å²) in [6, 6.07) is 33.2. The Labute approximate surface area is 182 Å². The molecule has 4 rings (SSSR count). The van der Waals surface area contributed by atoms with Crippen molar-refractivity contribution < 1.29 is 4.74 Å². The van der Waals surface area contributed by atoms with Crippen LogP contribution in [-0.2, 0) is 4.74 Å². The second-order valence-electron chi connectivity index (χ2n) is 7.72. The number of hydrogen-bond donors (Lipinski definition) is 0. The maximum atomic E-state index is 5.53. The molecule has 0 N–H and O–H groups in total. The van der Waals surface area contributed by atoms with Gasteiger partial charge in [-0.1, -0.05) is 0 Å². The molecule has 0 saturated carbocycles. The topological polar surface area (TPSA) is 12.5 Å². The molecule has 1 saturated heterocycles. The molecule has 1 fully saturated rings. The summed E-state index contributed by atoms with van der Waals surface area (Å²) in [4.78, 5) is 2.54. The molecular weight excluding hydrogens is 441 g/mol. The fourth-order valence-corrected chi connectivity index (χ4v) is 12.1. The first-order chi connectivity index (χ1) is 14.2. The number of nitrogens with zero attached hydrogens (tertiary/aromatic N) is 1. The zero-order valence-corrected chi connectivity index (χ0v) is 19.3. The Bertz CT molecular complexity index is 798. The Hall–Kier alpha value is -1.51. The summed E-state index contributed by atoms with van der Waals surface area (Å²) in [6.45, 7) is 4.90. The summed E-state index contributed by atoms with van der Waals surface area (Å²) in [6.07, 6.45) is 2.24. The van der Waals surface area contributed by atoms with E-state index in [1.165, 1.54) is 15.9 Å². The van der Waals surface area contributed by atoms with Crippen LogP contribution in [0.25, 0.3) is 0 Å². The summed E-state index contributed by atoms with van der Waals surface area (Å²) >= 11 is 4.53. The first-order valence-corrected chi connectivity index (χ1v) is 14.9. The van der Waals surface area contributed by atoms with E-state index in [0.29, 0.717) is 0 Å². The Balaban J connectivity index is 1.80. The standard InChI is InChI=1S/C25H29BrNOP/c26-29(23-11-4-1-5-12-23,24-13-6-2-7-14-24,25-15-8-3-9-16-25)22-10-17-27-18-20-28-21-19-27/h1-9,11-16H,10,17-22H2. The number of morpholine rings is 1. The van der Waals surface area contributed by atoms with Gasteiger partial charge >= 0.3 is 183 Å². The van der Waals surface area contributed by atoms with E-state index in [9.17, 15) is 0 Å². The maximum absolute atomic E-state index is 5.53.